The molecule has 0 radical (unpaired) electrons. The van der Waals surface area contributed by atoms with Crippen LogP contribution in [-0.2, 0) is 6.54 Å². The number of rotatable bonds is 6. The van der Waals surface area contributed by atoms with Crippen LogP contribution >= 0.6 is 0 Å². The Bertz CT molecular complexity index is 456. The van der Waals surface area contributed by atoms with Gasteiger partial charge in [-0.3, -0.25) is 0 Å². The van der Waals surface area contributed by atoms with Gasteiger partial charge in [0.25, 0.3) is 0 Å². The van der Waals surface area contributed by atoms with Crippen molar-refractivity contribution in [3.05, 3.63) is 23.8 Å². The molecule has 4 heteroatoms. The van der Waals surface area contributed by atoms with Gasteiger partial charge in [0.2, 0.25) is 0 Å². The highest BCUT2D eigenvalue weighted by molar-refractivity contribution is 5.39. The number of phenols is 1. The minimum atomic E-state index is 0.309. The minimum absolute atomic E-state index is 0.309. The van der Waals surface area contributed by atoms with Gasteiger partial charge in [-0.25, -0.2) is 0 Å². The van der Waals surface area contributed by atoms with Crippen molar-refractivity contribution in [3.63, 3.8) is 0 Å². The van der Waals surface area contributed by atoms with Crippen LogP contribution in [0.25, 0.3) is 0 Å². The molecule has 1 aliphatic rings. The first-order valence-electron chi connectivity index (χ1n) is 7.19. The smallest absolute Gasteiger partial charge is 0.120 e. The Kier molecular flexibility index (Phi) is 4.55. The molecule has 0 unspecified atom stereocenters. The van der Waals surface area contributed by atoms with E-state index in [1.807, 2.05) is 6.07 Å². The molecular formula is C16H26N2O2. The first kappa shape index (κ1) is 15.1. The molecule has 1 fully saturated rings. The van der Waals surface area contributed by atoms with E-state index in [9.17, 15) is 5.11 Å². The van der Waals surface area contributed by atoms with E-state index in [-0.39, 0.29) is 0 Å². The predicted molar refractivity (Wildman–Crippen MR) is 81.3 cm³/mol. The van der Waals surface area contributed by atoms with Crippen molar-refractivity contribution in [3.8, 4) is 11.5 Å². The molecule has 0 atom stereocenters. The van der Waals surface area contributed by atoms with Gasteiger partial charge in [0.15, 0.2) is 0 Å². The van der Waals surface area contributed by atoms with Gasteiger partial charge in [0.1, 0.15) is 11.5 Å². The van der Waals surface area contributed by atoms with Gasteiger partial charge in [-0.05, 0) is 58.6 Å². The van der Waals surface area contributed by atoms with Gasteiger partial charge in [-0.15, -0.1) is 0 Å². The first-order chi connectivity index (χ1) is 9.47. The number of hydrogen-bond donors (Lipinski definition) is 1. The molecule has 0 aromatic heterocycles. The number of ether oxygens (including phenoxy) is 1. The molecule has 20 heavy (non-hydrogen) atoms. The van der Waals surface area contributed by atoms with E-state index >= 15 is 0 Å². The van der Waals surface area contributed by atoms with Crippen LogP contribution in [0.15, 0.2) is 18.2 Å². The fourth-order valence-corrected chi connectivity index (χ4v) is 3.00. The summed E-state index contributed by atoms with van der Waals surface area (Å²) < 4.78 is 5.23. The number of phenolic OH excluding ortho intramolecular Hbond substituents is 1. The predicted octanol–water partition coefficient (Wildman–Crippen LogP) is 2.32. The van der Waals surface area contributed by atoms with E-state index in [2.05, 4.69) is 30.9 Å². The highest BCUT2D eigenvalue weighted by Crippen LogP contribution is 2.37. The number of aromatic hydroxyl groups is 1. The van der Waals surface area contributed by atoms with Crippen molar-refractivity contribution in [1.29, 1.82) is 0 Å². The number of nitrogens with zero attached hydrogens (tertiary/aromatic N) is 2. The van der Waals surface area contributed by atoms with Gasteiger partial charge in [0, 0.05) is 24.2 Å². The maximum Gasteiger partial charge on any atom is 0.120 e. The lowest BCUT2D eigenvalue weighted by Crippen LogP contribution is -2.56. The second-order valence-corrected chi connectivity index (χ2v) is 6.14. The molecule has 0 spiro atoms. The van der Waals surface area contributed by atoms with Gasteiger partial charge in [-0.2, -0.15) is 0 Å². The Morgan fingerprint density at radius 3 is 2.45 bits per heavy atom. The zero-order valence-corrected chi connectivity index (χ0v) is 13.0. The normalized spacial score (nSPS) is 17.3. The molecule has 112 valence electrons. The lowest BCUT2D eigenvalue weighted by atomic mass is 9.75. The topological polar surface area (TPSA) is 35.9 Å². The molecule has 0 bridgehead atoms. The molecular weight excluding hydrogens is 252 g/mol. The molecule has 1 saturated carbocycles. The molecule has 0 saturated heterocycles. The van der Waals surface area contributed by atoms with E-state index in [4.69, 9.17) is 4.74 Å². The van der Waals surface area contributed by atoms with E-state index < -0.39 is 0 Å². The standard InChI is InChI=1S/C16H26N2O2/c1-17(2)16(8-5-9-16)12-18(3)11-13-10-14(20-4)6-7-15(13)19/h6-7,10,19H,5,8-9,11-12H2,1-4H3. The van der Waals surface area contributed by atoms with Crippen LogP contribution in [0.1, 0.15) is 24.8 Å². The molecule has 1 aliphatic carbocycles. The zero-order valence-electron chi connectivity index (χ0n) is 13.0. The van der Waals surface area contributed by atoms with Crippen LogP contribution < -0.4 is 4.74 Å². The van der Waals surface area contributed by atoms with Crippen molar-refractivity contribution < 1.29 is 9.84 Å². The Morgan fingerprint density at radius 2 is 1.95 bits per heavy atom. The monoisotopic (exact) mass is 278 g/mol. The molecule has 2 rings (SSSR count). The van der Waals surface area contributed by atoms with Gasteiger partial charge in [0.05, 0.1) is 7.11 Å². The lowest BCUT2D eigenvalue weighted by Gasteiger charge is -2.49. The van der Waals surface area contributed by atoms with Crippen LogP contribution in [0.5, 0.6) is 11.5 Å². The Labute approximate surface area is 122 Å². The van der Waals surface area contributed by atoms with Gasteiger partial charge < -0.3 is 19.6 Å². The minimum Gasteiger partial charge on any atom is -0.508 e. The quantitative estimate of drug-likeness (QED) is 0.866. The second kappa shape index (κ2) is 6.02. The maximum absolute atomic E-state index is 9.97. The fourth-order valence-electron chi connectivity index (χ4n) is 3.00. The summed E-state index contributed by atoms with van der Waals surface area (Å²) in [6, 6.07) is 5.40. The third-order valence-corrected chi connectivity index (χ3v) is 4.52. The largest absolute Gasteiger partial charge is 0.508 e. The summed E-state index contributed by atoms with van der Waals surface area (Å²) >= 11 is 0. The average molecular weight is 278 g/mol. The average Bonchev–Trinajstić information content (AvgIpc) is 2.36. The van der Waals surface area contributed by atoms with Crippen molar-refractivity contribution in [2.45, 2.75) is 31.3 Å². The number of methoxy groups -OCH3 is 1. The Balaban J connectivity index is 2.02. The molecule has 1 N–H and O–H groups in total. The van der Waals surface area contributed by atoms with Crippen molar-refractivity contribution >= 4 is 0 Å². The summed E-state index contributed by atoms with van der Waals surface area (Å²) in [5.74, 6) is 1.13. The van der Waals surface area contributed by atoms with Crippen LogP contribution in [0.3, 0.4) is 0 Å². The fraction of sp³-hybridized carbons (Fsp3) is 0.625. The molecule has 1 aromatic carbocycles. The van der Waals surface area contributed by atoms with Crippen molar-refractivity contribution in [1.82, 2.24) is 9.80 Å². The lowest BCUT2D eigenvalue weighted by molar-refractivity contribution is 0.0257. The van der Waals surface area contributed by atoms with E-state index in [1.165, 1.54) is 19.3 Å². The zero-order chi connectivity index (χ0) is 14.8. The third-order valence-electron chi connectivity index (χ3n) is 4.52. The SMILES string of the molecule is COc1ccc(O)c(CN(C)CC2(N(C)C)CCC2)c1. The summed E-state index contributed by atoms with van der Waals surface area (Å²) in [6.07, 6.45) is 3.83. The number of benzene rings is 1. The second-order valence-electron chi connectivity index (χ2n) is 6.14. The molecule has 4 nitrogen and oxygen atoms in total. The molecule has 0 aliphatic heterocycles. The Morgan fingerprint density at radius 1 is 1.25 bits per heavy atom. The van der Waals surface area contributed by atoms with Crippen molar-refractivity contribution in [2.75, 3.05) is 34.8 Å². The number of hydrogen-bond acceptors (Lipinski definition) is 4. The maximum atomic E-state index is 9.97. The van der Waals surface area contributed by atoms with Gasteiger partial charge >= 0.3 is 0 Å². The first-order valence-corrected chi connectivity index (χ1v) is 7.19. The van der Waals surface area contributed by atoms with E-state index in [0.717, 1.165) is 24.4 Å². The highest BCUT2D eigenvalue weighted by Gasteiger charge is 2.39. The van der Waals surface area contributed by atoms with Crippen LogP contribution in [0, 0.1) is 0 Å². The molecule has 0 amide bonds. The third kappa shape index (κ3) is 3.07. The summed E-state index contributed by atoms with van der Waals surface area (Å²) in [4.78, 5) is 4.63. The van der Waals surface area contributed by atoms with Crippen LogP contribution in [0.4, 0.5) is 0 Å². The number of likely N-dealkylation sites (N-methyl/N-ethyl adjacent to an activating group) is 2. The summed E-state index contributed by atoms with van der Waals surface area (Å²) in [5, 5.41) is 9.97. The van der Waals surface area contributed by atoms with Crippen LogP contribution in [-0.4, -0.2) is 55.2 Å². The summed E-state index contributed by atoms with van der Waals surface area (Å²) in [5.41, 5.74) is 1.23. The van der Waals surface area contributed by atoms with E-state index in [0.29, 0.717) is 11.3 Å². The summed E-state index contributed by atoms with van der Waals surface area (Å²) in [6.45, 7) is 1.76. The van der Waals surface area contributed by atoms with Crippen molar-refractivity contribution in [2.24, 2.45) is 0 Å². The van der Waals surface area contributed by atoms with Crippen LogP contribution in [0.2, 0.25) is 0 Å². The van der Waals surface area contributed by atoms with E-state index in [1.54, 1.807) is 19.2 Å². The Hall–Kier alpha value is -1.26. The van der Waals surface area contributed by atoms with Gasteiger partial charge in [-0.1, -0.05) is 0 Å². The highest BCUT2D eigenvalue weighted by atomic mass is 16.5. The molecule has 0 heterocycles. The molecule has 1 aromatic rings. The summed E-state index contributed by atoms with van der Waals surface area (Å²) in [7, 11) is 8.09.